The Morgan fingerprint density at radius 1 is 0.950 bits per heavy atom. The van der Waals surface area contributed by atoms with Crippen molar-refractivity contribution in [1.29, 1.82) is 0 Å². The monoisotopic (exact) mass is 603 g/mol. The van der Waals surface area contributed by atoms with E-state index in [4.69, 9.17) is 23.2 Å². The Balaban J connectivity index is 2.08. The van der Waals surface area contributed by atoms with E-state index in [0.717, 1.165) is 15.4 Å². The molecule has 10 heteroatoms. The van der Waals surface area contributed by atoms with Crippen LogP contribution in [0.5, 0.6) is 0 Å². The van der Waals surface area contributed by atoms with E-state index in [1.807, 2.05) is 52.0 Å². The Morgan fingerprint density at radius 2 is 1.62 bits per heavy atom. The molecule has 40 heavy (non-hydrogen) atoms. The summed E-state index contributed by atoms with van der Waals surface area (Å²) in [4.78, 5) is 28.8. The van der Waals surface area contributed by atoms with Gasteiger partial charge in [0.15, 0.2) is 0 Å². The molecule has 1 N–H and O–H groups in total. The molecule has 214 valence electrons. The summed E-state index contributed by atoms with van der Waals surface area (Å²) < 4.78 is 28.7. The fraction of sp³-hybridized carbons (Fsp3) is 0.333. The summed E-state index contributed by atoms with van der Waals surface area (Å²) in [5.74, 6) is -0.627. The van der Waals surface area contributed by atoms with Crippen LogP contribution in [0.15, 0.2) is 77.7 Å². The molecule has 3 aromatic rings. The number of amides is 2. The van der Waals surface area contributed by atoms with E-state index in [0.29, 0.717) is 13.0 Å². The molecule has 0 saturated carbocycles. The third-order valence-electron chi connectivity index (χ3n) is 6.32. The van der Waals surface area contributed by atoms with Crippen molar-refractivity contribution in [2.45, 2.75) is 51.6 Å². The number of nitrogens with one attached hydrogen (secondary N) is 1. The number of anilines is 1. The molecule has 0 aliphatic rings. The quantitative estimate of drug-likeness (QED) is 0.272. The van der Waals surface area contributed by atoms with Crippen LogP contribution in [0.2, 0.25) is 10.0 Å². The molecule has 2 amide bonds. The van der Waals surface area contributed by atoms with Crippen molar-refractivity contribution in [2.24, 2.45) is 5.92 Å². The van der Waals surface area contributed by atoms with Gasteiger partial charge in [0.05, 0.1) is 20.6 Å². The Labute approximate surface area is 247 Å². The number of carbonyl (C=O) groups excluding carboxylic acids is 2. The Kier molecular flexibility index (Phi) is 11.0. The van der Waals surface area contributed by atoms with Gasteiger partial charge in [-0.1, -0.05) is 98.1 Å². The largest absolute Gasteiger partial charge is 0.354 e. The van der Waals surface area contributed by atoms with Crippen LogP contribution in [0.3, 0.4) is 0 Å². The number of hydrogen-bond donors (Lipinski definition) is 1. The van der Waals surface area contributed by atoms with Crippen LogP contribution in [0.25, 0.3) is 0 Å². The lowest BCUT2D eigenvalue weighted by Crippen LogP contribution is -2.52. The summed E-state index contributed by atoms with van der Waals surface area (Å²) in [7, 11) is -4.23. The molecule has 0 aromatic heterocycles. The van der Waals surface area contributed by atoms with Gasteiger partial charge in [-0.3, -0.25) is 13.9 Å². The molecule has 0 saturated heterocycles. The number of benzene rings is 3. The van der Waals surface area contributed by atoms with E-state index >= 15 is 0 Å². The summed E-state index contributed by atoms with van der Waals surface area (Å²) in [6.07, 6.45) is 0.338. The second-order valence-corrected chi connectivity index (χ2v) is 12.6. The maximum absolute atomic E-state index is 14.1. The maximum atomic E-state index is 14.1. The van der Waals surface area contributed by atoms with Crippen LogP contribution >= 0.6 is 23.2 Å². The SMILES string of the molecule is CC[C@@H](C(=O)NCC(C)C)N(Cc1cccc(C)c1)C(=O)CN(c1cccc(Cl)c1Cl)S(=O)(=O)c1ccccc1. The lowest BCUT2D eigenvalue weighted by Gasteiger charge is -2.33. The molecule has 3 aromatic carbocycles. The molecule has 3 rings (SSSR count). The molecule has 1 atom stereocenters. The van der Waals surface area contributed by atoms with Crippen molar-refractivity contribution in [1.82, 2.24) is 10.2 Å². The molecule has 0 unspecified atom stereocenters. The van der Waals surface area contributed by atoms with Crippen LogP contribution in [0.4, 0.5) is 5.69 Å². The topological polar surface area (TPSA) is 86.8 Å². The van der Waals surface area contributed by atoms with Gasteiger partial charge in [-0.15, -0.1) is 0 Å². The number of halogens is 2. The first-order valence-electron chi connectivity index (χ1n) is 13.1. The van der Waals surface area contributed by atoms with Gasteiger partial charge in [0.25, 0.3) is 10.0 Å². The first-order valence-corrected chi connectivity index (χ1v) is 15.3. The number of sulfonamides is 1. The number of aryl methyl sites for hydroxylation is 1. The highest BCUT2D eigenvalue weighted by atomic mass is 35.5. The standard InChI is InChI=1S/C30H35Cl2N3O4S/c1-5-26(30(37)33-18-21(2)3)34(19-23-12-9-11-22(4)17-23)28(36)20-35(27-16-10-15-25(31)29(27)32)40(38,39)24-13-7-6-8-14-24/h6-17,21,26H,5,18-20H2,1-4H3,(H,33,37)/t26-/m0/s1. The fourth-order valence-corrected chi connectivity index (χ4v) is 6.16. The maximum Gasteiger partial charge on any atom is 0.264 e. The highest BCUT2D eigenvalue weighted by molar-refractivity contribution is 7.92. The van der Waals surface area contributed by atoms with Gasteiger partial charge in [0, 0.05) is 13.1 Å². The zero-order valence-electron chi connectivity index (χ0n) is 23.1. The molecule has 0 bridgehead atoms. The van der Waals surface area contributed by atoms with E-state index in [9.17, 15) is 18.0 Å². The molecule has 0 heterocycles. The zero-order valence-corrected chi connectivity index (χ0v) is 25.4. The van der Waals surface area contributed by atoms with Crippen molar-refractivity contribution in [3.63, 3.8) is 0 Å². The highest BCUT2D eigenvalue weighted by Gasteiger charge is 2.34. The van der Waals surface area contributed by atoms with Crippen molar-refractivity contribution in [2.75, 3.05) is 17.4 Å². The fourth-order valence-electron chi connectivity index (χ4n) is 4.27. The van der Waals surface area contributed by atoms with Crippen molar-refractivity contribution < 1.29 is 18.0 Å². The average molecular weight is 605 g/mol. The van der Waals surface area contributed by atoms with Gasteiger partial charge in [0.1, 0.15) is 12.6 Å². The lowest BCUT2D eigenvalue weighted by molar-refractivity contribution is -0.140. The first kappa shape index (κ1) is 31.5. The van der Waals surface area contributed by atoms with E-state index in [-0.39, 0.29) is 39.0 Å². The summed E-state index contributed by atoms with van der Waals surface area (Å²) in [5.41, 5.74) is 1.89. The van der Waals surface area contributed by atoms with E-state index in [2.05, 4.69) is 5.32 Å². The van der Waals surface area contributed by atoms with Crippen LogP contribution in [-0.4, -0.2) is 44.3 Å². The van der Waals surface area contributed by atoms with Crippen LogP contribution in [0, 0.1) is 12.8 Å². The second-order valence-electron chi connectivity index (χ2n) is 9.97. The van der Waals surface area contributed by atoms with Gasteiger partial charge in [-0.2, -0.15) is 0 Å². The predicted molar refractivity (Wildman–Crippen MR) is 161 cm³/mol. The number of hydrogen-bond acceptors (Lipinski definition) is 4. The summed E-state index contributed by atoms with van der Waals surface area (Å²) in [6.45, 7) is 7.72. The molecule has 0 fully saturated rings. The Bertz CT molecular complexity index is 1430. The van der Waals surface area contributed by atoms with Gasteiger partial charge in [0.2, 0.25) is 11.8 Å². The van der Waals surface area contributed by atoms with E-state index in [1.54, 1.807) is 30.3 Å². The van der Waals surface area contributed by atoms with Gasteiger partial charge in [-0.25, -0.2) is 8.42 Å². The van der Waals surface area contributed by atoms with Crippen LogP contribution < -0.4 is 9.62 Å². The summed E-state index contributed by atoms with van der Waals surface area (Å²) >= 11 is 12.7. The smallest absolute Gasteiger partial charge is 0.264 e. The zero-order chi connectivity index (χ0) is 29.4. The average Bonchev–Trinajstić information content (AvgIpc) is 2.92. The molecular formula is C30H35Cl2N3O4S. The molecule has 0 aliphatic heterocycles. The minimum Gasteiger partial charge on any atom is -0.354 e. The molecule has 0 spiro atoms. The van der Waals surface area contributed by atoms with Crippen molar-refractivity contribution in [3.05, 3.63) is 94.0 Å². The normalized spacial score (nSPS) is 12.2. The predicted octanol–water partition coefficient (Wildman–Crippen LogP) is 6.08. The molecule has 0 radical (unpaired) electrons. The Hall–Kier alpha value is -3.07. The number of carbonyl (C=O) groups is 2. The second kappa shape index (κ2) is 14.0. The molecule has 0 aliphatic carbocycles. The third-order valence-corrected chi connectivity index (χ3v) is 8.90. The number of rotatable bonds is 12. The van der Waals surface area contributed by atoms with Gasteiger partial charge >= 0.3 is 0 Å². The third kappa shape index (κ3) is 7.77. The van der Waals surface area contributed by atoms with Crippen molar-refractivity contribution >= 4 is 50.7 Å². The lowest BCUT2D eigenvalue weighted by atomic mass is 10.1. The summed E-state index contributed by atoms with van der Waals surface area (Å²) in [5, 5.41) is 3.07. The van der Waals surface area contributed by atoms with Gasteiger partial charge < -0.3 is 10.2 Å². The Morgan fingerprint density at radius 3 is 2.25 bits per heavy atom. The van der Waals surface area contributed by atoms with Gasteiger partial charge in [-0.05, 0) is 49.1 Å². The summed E-state index contributed by atoms with van der Waals surface area (Å²) in [6, 6.07) is 19.2. The minimum atomic E-state index is -4.23. The van der Waals surface area contributed by atoms with Crippen LogP contribution in [-0.2, 0) is 26.2 Å². The molecule has 7 nitrogen and oxygen atoms in total. The van der Waals surface area contributed by atoms with Crippen molar-refractivity contribution in [3.8, 4) is 0 Å². The van der Waals surface area contributed by atoms with E-state index in [1.165, 1.54) is 23.1 Å². The molecular weight excluding hydrogens is 569 g/mol. The van der Waals surface area contributed by atoms with Crippen LogP contribution in [0.1, 0.15) is 38.3 Å². The number of nitrogens with zero attached hydrogens (tertiary/aromatic N) is 2. The van der Waals surface area contributed by atoms with E-state index < -0.39 is 28.5 Å². The highest BCUT2D eigenvalue weighted by Crippen LogP contribution is 2.35. The first-order chi connectivity index (χ1) is 18.9. The minimum absolute atomic E-state index is 0.00317.